The van der Waals surface area contributed by atoms with E-state index >= 15 is 0 Å². The maximum absolute atomic E-state index is 12.7. The lowest BCUT2D eigenvalue weighted by Gasteiger charge is -2.12. The van der Waals surface area contributed by atoms with Gasteiger partial charge in [0.1, 0.15) is 0 Å². The second-order valence-electron chi connectivity index (χ2n) is 7.24. The predicted octanol–water partition coefficient (Wildman–Crippen LogP) is 5.68. The van der Waals surface area contributed by atoms with E-state index in [9.17, 15) is 9.59 Å². The largest absolute Gasteiger partial charge is 0.462 e. The van der Waals surface area contributed by atoms with Crippen molar-refractivity contribution in [3.8, 4) is 0 Å². The van der Waals surface area contributed by atoms with Crippen molar-refractivity contribution in [3.63, 3.8) is 0 Å². The third-order valence-electron chi connectivity index (χ3n) is 4.86. The number of carbonyl (C=O) groups excluding carboxylic acids is 2. The quantitative estimate of drug-likeness (QED) is 0.440. The van der Waals surface area contributed by atoms with E-state index < -0.39 is 5.97 Å². The van der Waals surface area contributed by atoms with Gasteiger partial charge in [0, 0.05) is 23.5 Å². The van der Waals surface area contributed by atoms with Gasteiger partial charge < -0.3 is 15.4 Å². The number of esters is 1. The molecule has 0 bridgehead atoms. The minimum Gasteiger partial charge on any atom is -0.462 e. The molecule has 0 aliphatic rings. The van der Waals surface area contributed by atoms with E-state index in [-0.39, 0.29) is 5.91 Å². The molecule has 0 spiro atoms. The summed E-state index contributed by atoms with van der Waals surface area (Å²) in [6, 6.07) is 22.5. The number of amides is 1. The number of benzene rings is 3. The first-order valence-corrected chi connectivity index (χ1v) is 10.6. The smallest absolute Gasteiger partial charge is 0.338 e. The molecule has 0 atom stereocenters. The number of para-hydroxylation sites is 1. The topological polar surface area (TPSA) is 67.4 Å². The summed E-state index contributed by atoms with van der Waals surface area (Å²) in [6.07, 6.45) is 1.72. The summed E-state index contributed by atoms with van der Waals surface area (Å²) in [5.74, 6) is -0.617. The van der Waals surface area contributed by atoms with Crippen LogP contribution in [0.15, 0.2) is 72.8 Å². The van der Waals surface area contributed by atoms with Crippen LogP contribution in [0, 0.1) is 0 Å². The third-order valence-corrected chi connectivity index (χ3v) is 4.86. The SMILES string of the molecule is CCCOC(=O)c1cccc(NC(=O)c2cccc(CNc3ccccc3CC)c2)c1. The van der Waals surface area contributed by atoms with Gasteiger partial charge in [-0.05, 0) is 60.4 Å². The van der Waals surface area contributed by atoms with Crippen molar-refractivity contribution in [2.45, 2.75) is 33.2 Å². The van der Waals surface area contributed by atoms with Crippen molar-refractivity contribution in [1.29, 1.82) is 0 Å². The van der Waals surface area contributed by atoms with Crippen LogP contribution in [0.3, 0.4) is 0 Å². The molecule has 0 aliphatic heterocycles. The van der Waals surface area contributed by atoms with E-state index in [1.807, 2.05) is 37.3 Å². The molecule has 0 aromatic heterocycles. The van der Waals surface area contributed by atoms with Crippen LogP contribution in [0.1, 0.15) is 52.1 Å². The standard InChI is InChI=1S/C26H28N2O3/c1-3-15-31-26(30)22-12-8-13-23(17-22)28-25(29)21-11-7-9-19(16-21)18-27-24-14-6-5-10-20(24)4-2/h5-14,16-17,27H,3-4,15,18H2,1-2H3,(H,28,29). The molecule has 5 heteroatoms. The zero-order valence-corrected chi connectivity index (χ0v) is 18.0. The van der Waals surface area contributed by atoms with Gasteiger partial charge in [-0.15, -0.1) is 0 Å². The number of hydrogen-bond acceptors (Lipinski definition) is 4. The fourth-order valence-electron chi connectivity index (χ4n) is 3.23. The van der Waals surface area contributed by atoms with Crippen LogP contribution >= 0.6 is 0 Å². The molecular weight excluding hydrogens is 388 g/mol. The maximum Gasteiger partial charge on any atom is 0.338 e. The van der Waals surface area contributed by atoms with Crippen molar-refractivity contribution in [2.24, 2.45) is 0 Å². The number of anilines is 2. The Hall–Kier alpha value is -3.60. The summed E-state index contributed by atoms with van der Waals surface area (Å²) in [6.45, 7) is 5.07. The second-order valence-corrected chi connectivity index (χ2v) is 7.24. The van der Waals surface area contributed by atoms with E-state index in [4.69, 9.17) is 4.74 Å². The van der Waals surface area contributed by atoms with E-state index in [2.05, 4.69) is 29.7 Å². The molecule has 0 radical (unpaired) electrons. The first-order valence-electron chi connectivity index (χ1n) is 10.6. The Labute approximate surface area is 183 Å². The average molecular weight is 417 g/mol. The van der Waals surface area contributed by atoms with Gasteiger partial charge in [0.2, 0.25) is 0 Å². The summed E-state index contributed by atoms with van der Waals surface area (Å²) in [5.41, 5.74) is 4.90. The molecule has 2 N–H and O–H groups in total. The molecular formula is C26H28N2O3. The minimum absolute atomic E-state index is 0.227. The van der Waals surface area contributed by atoms with E-state index in [1.165, 1.54) is 5.56 Å². The van der Waals surface area contributed by atoms with Gasteiger partial charge in [0.25, 0.3) is 5.91 Å². The average Bonchev–Trinajstić information content (AvgIpc) is 2.81. The van der Waals surface area contributed by atoms with Gasteiger partial charge in [-0.1, -0.05) is 50.2 Å². The highest BCUT2D eigenvalue weighted by atomic mass is 16.5. The van der Waals surface area contributed by atoms with E-state index in [0.29, 0.717) is 30.0 Å². The summed E-state index contributed by atoms with van der Waals surface area (Å²) >= 11 is 0. The highest BCUT2D eigenvalue weighted by Crippen LogP contribution is 2.18. The van der Waals surface area contributed by atoms with Crippen LogP contribution in [0.2, 0.25) is 0 Å². The molecule has 0 unspecified atom stereocenters. The summed E-state index contributed by atoms with van der Waals surface area (Å²) in [4.78, 5) is 24.8. The van der Waals surface area contributed by atoms with Gasteiger partial charge in [-0.3, -0.25) is 4.79 Å². The van der Waals surface area contributed by atoms with E-state index in [0.717, 1.165) is 24.1 Å². The molecule has 3 aromatic rings. The Bertz CT molecular complexity index is 1050. The lowest BCUT2D eigenvalue weighted by atomic mass is 10.1. The molecule has 3 rings (SSSR count). The molecule has 0 fully saturated rings. The zero-order valence-electron chi connectivity index (χ0n) is 18.0. The maximum atomic E-state index is 12.7. The molecule has 31 heavy (non-hydrogen) atoms. The van der Waals surface area contributed by atoms with Crippen LogP contribution < -0.4 is 10.6 Å². The monoisotopic (exact) mass is 416 g/mol. The highest BCUT2D eigenvalue weighted by molar-refractivity contribution is 6.05. The Morgan fingerprint density at radius 2 is 1.65 bits per heavy atom. The van der Waals surface area contributed by atoms with E-state index in [1.54, 1.807) is 30.3 Å². The number of ether oxygens (including phenoxy) is 1. The molecule has 0 saturated heterocycles. The van der Waals surface area contributed by atoms with Gasteiger partial charge in [-0.25, -0.2) is 4.79 Å². The van der Waals surface area contributed by atoms with Crippen molar-refractivity contribution in [3.05, 3.63) is 95.1 Å². The Morgan fingerprint density at radius 1 is 0.871 bits per heavy atom. The fraction of sp³-hybridized carbons (Fsp3) is 0.231. The first kappa shape index (κ1) is 22.1. The molecule has 3 aromatic carbocycles. The predicted molar refractivity (Wildman–Crippen MR) is 125 cm³/mol. The van der Waals surface area contributed by atoms with Crippen LogP contribution in [0.4, 0.5) is 11.4 Å². The summed E-state index contributed by atoms with van der Waals surface area (Å²) in [5, 5.41) is 6.31. The van der Waals surface area contributed by atoms with Crippen molar-refractivity contribution in [2.75, 3.05) is 17.2 Å². The van der Waals surface area contributed by atoms with Crippen molar-refractivity contribution < 1.29 is 14.3 Å². The van der Waals surface area contributed by atoms with Gasteiger partial charge >= 0.3 is 5.97 Å². The number of aryl methyl sites for hydroxylation is 1. The van der Waals surface area contributed by atoms with Gasteiger partial charge in [0.05, 0.1) is 12.2 Å². The molecule has 0 saturated carbocycles. The normalized spacial score (nSPS) is 10.4. The Kier molecular flexibility index (Phi) is 7.82. The zero-order chi connectivity index (χ0) is 22.1. The third kappa shape index (κ3) is 6.19. The van der Waals surface area contributed by atoms with Gasteiger partial charge in [0.15, 0.2) is 0 Å². The molecule has 1 amide bonds. The molecule has 0 aliphatic carbocycles. The Morgan fingerprint density at radius 3 is 2.45 bits per heavy atom. The number of carbonyl (C=O) groups is 2. The van der Waals surface area contributed by atoms with Crippen LogP contribution in [0.5, 0.6) is 0 Å². The highest BCUT2D eigenvalue weighted by Gasteiger charge is 2.11. The number of rotatable bonds is 9. The summed E-state index contributed by atoms with van der Waals surface area (Å²) < 4.78 is 5.16. The minimum atomic E-state index is -0.390. The number of nitrogens with one attached hydrogen (secondary N) is 2. The van der Waals surface area contributed by atoms with Crippen LogP contribution in [0.25, 0.3) is 0 Å². The number of hydrogen-bond donors (Lipinski definition) is 2. The lowest BCUT2D eigenvalue weighted by Crippen LogP contribution is -2.13. The molecule has 5 nitrogen and oxygen atoms in total. The summed E-state index contributed by atoms with van der Waals surface area (Å²) in [7, 11) is 0. The van der Waals surface area contributed by atoms with Crippen molar-refractivity contribution >= 4 is 23.3 Å². The van der Waals surface area contributed by atoms with Crippen LogP contribution in [-0.2, 0) is 17.7 Å². The van der Waals surface area contributed by atoms with Crippen molar-refractivity contribution in [1.82, 2.24) is 0 Å². The van der Waals surface area contributed by atoms with Crippen LogP contribution in [-0.4, -0.2) is 18.5 Å². The van der Waals surface area contributed by atoms with Gasteiger partial charge in [-0.2, -0.15) is 0 Å². The fourth-order valence-corrected chi connectivity index (χ4v) is 3.23. The Balaban J connectivity index is 1.66. The first-order chi connectivity index (χ1) is 15.1. The lowest BCUT2D eigenvalue weighted by molar-refractivity contribution is 0.0505. The molecule has 160 valence electrons. The molecule has 0 heterocycles. The second kappa shape index (κ2) is 11.0.